The highest BCUT2D eigenvalue weighted by Crippen LogP contribution is 2.09. The summed E-state index contributed by atoms with van der Waals surface area (Å²) < 4.78 is 0. The largest absolute Gasteiger partial charge is 0.368 e. The first kappa shape index (κ1) is 19.2. The lowest BCUT2D eigenvalue weighted by molar-refractivity contribution is -0.131. The van der Waals surface area contributed by atoms with Crippen LogP contribution in [0.25, 0.3) is 0 Å². The first-order valence-corrected chi connectivity index (χ1v) is 7.62. The third kappa shape index (κ3) is 6.08. The minimum Gasteiger partial charge on any atom is -0.368 e. The molecular weight excluding hydrogens is 308 g/mol. The van der Waals surface area contributed by atoms with Crippen molar-refractivity contribution >= 4 is 17.7 Å². The monoisotopic (exact) mass is 330 g/mol. The average Bonchev–Trinajstić information content (AvgIpc) is 2.52. The first-order chi connectivity index (χ1) is 11.3. The molecule has 0 aliphatic carbocycles. The lowest BCUT2D eigenvalue weighted by Gasteiger charge is -2.24. The Balaban J connectivity index is 2.88. The van der Waals surface area contributed by atoms with Crippen molar-refractivity contribution in [2.24, 2.45) is 11.7 Å². The second-order valence-electron chi connectivity index (χ2n) is 5.67. The summed E-state index contributed by atoms with van der Waals surface area (Å²) in [5, 5.41) is 13.9. The van der Waals surface area contributed by atoms with Gasteiger partial charge in [0, 0.05) is 19.8 Å². The normalized spacial score (nSPS) is 13.9. The maximum atomic E-state index is 12.5. The molecule has 1 aromatic rings. The van der Waals surface area contributed by atoms with Gasteiger partial charge in [0.05, 0.1) is 6.07 Å². The number of hydrogen-bond donors (Lipinski definition) is 3. The number of benzene rings is 1. The molecule has 7 nitrogen and oxygen atoms in total. The molecule has 128 valence electrons. The Kier molecular flexibility index (Phi) is 7.43. The Labute approximate surface area is 141 Å². The van der Waals surface area contributed by atoms with Gasteiger partial charge in [-0.25, -0.2) is 0 Å². The predicted molar refractivity (Wildman–Crippen MR) is 88.3 cm³/mol. The van der Waals surface area contributed by atoms with Crippen LogP contribution in [0, 0.1) is 17.2 Å². The number of carbonyl (C=O) groups is 3. The van der Waals surface area contributed by atoms with Crippen molar-refractivity contribution in [3.05, 3.63) is 35.9 Å². The maximum Gasteiger partial charge on any atom is 0.243 e. The van der Waals surface area contributed by atoms with Crippen LogP contribution in [0.15, 0.2) is 30.3 Å². The van der Waals surface area contributed by atoms with E-state index in [1.165, 1.54) is 6.92 Å². The van der Waals surface area contributed by atoms with E-state index >= 15 is 0 Å². The molecule has 0 radical (unpaired) electrons. The molecular formula is C17H22N4O3. The highest BCUT2D eigenvalue weighted by molar-refractivity contribution is 5.91. The lowest BCUT2D eigenvalue weighted by Crippen LogP contribution is -2.55. The molecule has 0 bridgehead atoms. The smallest absolute Gasteiger partial charge is 0.243 e. The Bertz CT molecular complexity index is 624. The van der Waals surface area contributed by atoms with Gasteiger partial charge >= 0.3 is 0 Å². The van der Waals surface area contributed by atoms with Crippen LogP contribution in [0.1, 0.15) is 25.8 Å². The molecule has 1 aromatic carbocycles. The lowest BCUT2D eigenvalue weighted by atomic mass is 9.97. The number of nitrogens with one attached hydrogen (secondary N) is 2. The minimum atomic E-state index is -0.968. The van der Waals surface area contributed by atoms with Crippen LogP contribution in [0.4, 0.5) is 0 Å². The molecule has 0 heterocycles. The van der Waals surface area contributed by atoms with E-state index < -0.39 is 29.8 Å². The summed E-state index contributed by atoms with van der Waals surface area (Å²) in [5.74, 6) is -2.01. The van der Waals surface area contributed by atoms with Crippen LogP contribution < -0.4 is 16.4 Å². The second-order valence-corrected chi connectivity index (χ2v) is 5.67. The van der Waals surface area contributed by atoms with Crippen molar-refractivity contribution < 1.29 is 14.4 Å². The molecule has 0 fully saturated rings. The molecule has 24 heavy (non-hydrogen) atoms. The maximum absolute atomic E-state index is 12.5. The summed E-state index contributed by atoms with van der Waals surface area (Å²) in [7, 11) is 0. The number of nitriles is 1. The molecule has 0 aliphatic rings. The second kappa shape index (κ2) is 9.30. The van der Waals surface area contributed by atoms with Crippen molar-refractivity contribution in [2.45, 2.75) is 38.8 Å². The Morgan fingerprint density at radius 1 is 1.21 bits per heavy atom. The highest BCUT2D eigenvalue weighted by Gasteiger charge is 2.28. The van der Waals surface area contributed by atoms with E-state index in [1.54, 1.807) is 6.92 Å². The number of primary amides is 1. The van der Waals surface area contributed by atoms with Gasteiger partial charge in [0.15, 0.2) is 0 Å². The van der Waals surface area contributed by atoms with Gasteiger partial charge in [0.25, 0.3) is 0 Å². The summed E-state index contributed by atoms with van der Waals surface area (Å²) in [4.78, 5) is 35.4. The molecule has 0 saturated carbocycles. The standard InChI is InChI=1S/C17H22N4O3/c1-11(8-9-18)15(16(19)23)21-17(24)14(20-12(2)22)10-13-6-4-3-5-7-13/h3-7,11,14-15H,8,10H2,1-2H3,(H2,19,23)(H,20,22)(H,21,24)/t11-,14+,15+/m1/s1. The number of amides is 3. The van der Waals surface area contributed by atoms with E-state index in [2.05, 4.69) is 10.6 Å². The van der Waals surface area contributed by atoms with Gasteiger partial charge < -0.3 is 16.4 Å². The third-order valence-electron chi connectivity index (χ3n) is 3.56. The van der Waals surface area contributed by atoms with Gasteiger partial charge in [-0.3, -0.25) is 14.4 Å². The minimum absolute atomic E-state index is 0.0807. The van der Waals surface area contributed by atoms with Crippen LogP contribution in [-0.2, 0) is 20.8 Å². The number of nitrogens with zero attached hydrogens (tertiary/aromatic N) is 1. The average molecular weight is 330 g/mol. The fourth-order valence-electron chi connectivity index (χ4n) is 2.31. The van der Waals surface area contributed by atoms with Crippen LogP contribution in [0.5, 0.6) is 0 Å². The molecule has 3 amide bonds. The van der Waals surface area contributed by atoms with Gasteiger partial charge in [-0.1, -0.05) is 37.3 Å². The van der Waals surface area contributed by atoms with Gasteiger partial charge in [-0.05, 0) is 11.5 Å². The quantitative estimate of drug-likeness (QED) is 0.632. The van der Waals surface area contributed by atoms with E-state index in [1.807, 2.05) is 36.4 Å². The zero-order chi connectivity index (χ0) is 18.1. The Morgan fingerprint density at radius 2 is 1.83 bits per heavy atom. The zero-order valence-electron chi connectivity index (χ0n) is 13.8. The Morgan fingerprint density at radius 3 is 2.33 bits per heavy atom. The third-order valence-corrected chi connectivity index (χ3v) is 3.56. The zero-order valence-corrected chi connectivity index (χ0v) is 13.8. The molecule has 3 atom stereocenters. The molecule has 0 unspecified atom stereocenters. The van der Waals surface area contributed by atoms with Crippen molar-refractivity contribution in [3.63, 3.8) is 0 Å². The summed E-state index contributed by atoms with van der Waals surface area (Å²) >= 11 is 0. The number of nitrogens with two attached hydrogens (primary N) is 1. The molecule has 7 heteroatoms. The summed E-state index contributed by atoms with van der Waals surface area (Å²) in [6.45, 7) is 2.97. The molecule has 0 aromatic heterocycles. The van der Waals surface area contributed by atoms with Gasteiger partial charge in [0.2, 0.25) is 17.7 Å². The van der Waals surface area contributed by atoms with E-state index in [-0.39, 0.29) is 18.7 Å². The number of carbonyl (C=O) groups excluding carboxylic acids is 3. The van der Waals surface area contributed by atoms with Crippen LogP contribution in [0.3, 0.4) is 0 Å². The summed E-state index contributed by atoms with van der Waals surface area (Å²) in [5.41, 5.74) is 6.19. The predicted octanol–water partition coefficient (Wildman–Crippen LogP) is 0.254. The fraction of sp³-hybridized carbons (Fsp3) is 0.412. The fourth-order valence-corrected chi connectivity index (χ4v) is 2.31. The van der Waals surface area contributed by atoms with E-state index in [4.69, 9.17) is 11.0 Å². The van der Waals surface area contributed by atoms with Crippen molar-refractivity contribution in [2.75, 3.05) is 0 Å². The number of rotatable bonds is 8. The van der Waals surface area contributed by atoms with E-state index in [0.717, 1.165) is 5.56 Å². The van der Waals surface area contributed by atoms with Crippen LogP contribution in [0.2, 0.25) is 0 Å². The summed E-state index contributed by atoms with van der Waals surface area (Å²) in [6, 6.07) is 9.34. The Hall–Kier alpha value is -2.88. The first-order valence-electron chi connectivity index (χ1n) is 7.62. The molecule has 0 aliphatic heterocycles. The van der Waals surface area contributed by atoms with Crippen molar-refractivity contribution in [1.29, 1.82) is 5.26 Å². The van der Waals surface area contributed by atoms with Crippen LogP contribution in [-0.4, -0.2) is 29.8 Å². The number of hydrogen-bond acceptors (Lipinski definition) is 4. The summed E-state index contributed by atoms with van der Waals surface area (Å²) in [6.07, 6.45) is 0.363. The van der Waals surface area contributed by atoms with Gasteiger partial charge in [0.1, 0.15) is 12.1 Å². The highest BCUT2D eigenvalue weighted by atomic mass is 16.2. The van der Waals surface area contributed by atoms with E-state index in [0.29, 0.717) is 0 Å². The topological polar surface area (TPSA) is 125 Å². The molecule has 0 spiro atoms. The van der Waals surface area contributed by atoms with Crippen molar-refractivity contribution in [1.82, 2.24) is 10.6 Å². The van der Waals surface area contributed by atoms with Crippen molar-refractivity contribution in [3.8, 4) is 6.07 Å². The SMILES string of the molecule is CC(=O)N[C@@H](Cc1ccccc1)C(=O)N[C@H](C(N)=O)[C@H](C)CC#N. The molecule has 4 N–H and O–H groups in total. The van der Waals surface area contributed by atoms with Gasteiger partial charge in [-0.15, -0.1) is 0 Å². The molecule has 1 rings (SSSR count). The molecule has 0 saturated heterocycles. The van der Waals surface area contributed by atoms with E-state index in [9.17, 15) is 14.4 Å². The van der Waals surface area contributed by atoms with Crippen LogP contribution >= 0.6 is 0 Å². The van der Waals surface area contributed by atoms with Gasteiger partial charge in [-0.2, -0.15) is 5.26 Å².